The van der Waals surface area contributed by atoms with Gasteiger partial charge in [-0.05, 0) is 42.3 Å². The van der Waals surface area contributed by atoms with E-state index >= 15 is 0 Å². The first-order valence-electron chi connectivity index (χ1n) is 7.46. The molecule has 1 amide bonds. The Morgan fingerprint density at radius 2 is 1.96 bits per heavy atom. The first kappa shape index (κ1) is 13.9. The zero-order chi connectivity index (χ0) is 16.0. The summed E-state index contributed by atoms with van der Waals surface area (Å²) in [4.78, 5) is 17.4. The van der Waals surface area contributed by atoms with Crippen LogP contribution in [-0.2, 0) is 13.0 Å². The Morgan fingerprint density at radius 1 is 1.13 bits per heavy atom. The van der Waals surface area contributed by atoms with Gasteiger partial charge in [-0.25, -0.2) is 8.78 Å². The number of aromatic amines is 1. The van der Waals surface area contributed by atoms with E-state index in [1.165, 1.54) is 24.3 Å². The Balaban J connectivity index is 1.68. The predicted octanol–water partition coefficient (Wildman–Crippen LogP) is 3.64. The molecule has 0 bridgehead atoms. The number of amides is 1. The lowest BCUT2D eigenvalue weighted by Crippen LogP contribution is -2.36. The highest BCUT2D eigenvalue weighted by atomic mass is 19.1. The number of hydrogen-bond acceptors (Lipinski definition) is 1. The number of benzene rings is 2. The topological polar surface area (TPSA) is 36.1 Å². The molecule has 0 unspecified atom stereocenters. The molecule has 1 aliphatic rings. The Morgan fingerprint density at radius 3 is 2.78 bits per heavy atom. The molecular formula is C18H14F2N2O. The summed E-state index contributed by atoms with van der Waals surface area (Å²) in [6, 6.07) is 10.6. The van der Waals surface area contributed by atoms with Crippen molar-refractivity contribution in [1.82, 2.24) is 9.88 Å². The van der Waals surface area contributed by atoms with E-state index in [1.807, 2.05) is 0 Å². The van der Waals surface area contributed by atoms with Gasteiger partial charge in [-0.15, -0.1) is 0 Å². The number of nitrogens with one attached hydrogen (secondary N) is 1. The van der Waals surface area contributed by atoms with Gasteiger partial charge in [-0.3, -0.25) is 4.79 Å². The van der Waals surface area contributed by atoms with Gasteiger partial charge in [0.2, 0.25) is 0 Å². The van der Waals surface area contributed by atoms with E-state index < -0.39 is 5.82 Å². The second-order valence-electron chi connectivity index (χ2n) is 5.73. The summed E-state index contributed by atoms with van der Waals surface area (Å²) in [5.41, 5.74) is 2.87. The number of fused-ring (bicyclic) bond motifs is 3. The highest BCUT2D eigenvalue weighted by molar-refractivity contribution is 5.95. The van der Waals surface area contributed by atoms with Crippen LogP contribution in [0.2, 0.25) is 0 Å². The van der Waals surface area contributed by atoms with Crippen LogP contribution in [-0.4, -0.2) is 22.3 Å². The van der Waals surface area contributed by atoms with Crippen LogP contribution in [0.1, 0.15) is 21.6 Å². The number of hydrogen-bond donors (Lipinski definition) is 1. The Labute approximate surface area is 131 Å². The van der Waals surface area contributed by atoms with Crippen molar-refractivity contribution in [1.29, 1.82) is 0 Å². The molecule has 0 atom stereocenters. The lowest BCUT2D eigenvalue weighted by Gasteiger charge is -2.27. The molecule has 4 rings (SSSR count). The molecule has 5 heteroatoms. The zero-order valence-electron chi connectivity index (χ0n) is 12.3. The van der Waals surface area contributed by atoms with Gasteiger partial charge >= 0.3 is 0 Å². The summed E-state index contributed by atoms with van der Waals surface area (Å²) in [6.07, 6.45) is 0.624. The number of halogens is 2. The van der Waals surface area contributed by atoms with Crippen molar-refractivity contribution in [3.63, 3.8) is 0 Å². The molecule has 0 aliphatic carbocycles. The molecule has 2 heterocycles. The van der Waals surface area contributed by atoms with Gasteiger partial charge in [0.05, 0.1) is 12.1 Å². The van der Waals surface area contributed by atoms with Gasteiger partial charge < -0.3 is 9.88 Å². The summed E-state index contributed by atoms with van der Waals surface area (Å²) < 4.78 is 27.2. The summed E-state index contributed by atoms with van der Waals surface area (Å²) in [5.74, 6) is -1.11. The van der Waals surface area contributed by atoms with Crippen molar-refractivity contribution in [3.05, 3.63) is 70.9 Å². The number of carbonyl (C=O) groups excluding carboxylic acids is 1. The first-order valence-corrected chi connectivity index (χ1v) is 7.46. The van der Waals surface area contributed by atoms with Crippen LogP contribution >= 0.6 is 0 Å². The molecule has 23 heavy (non-hydrogen) atoms. The van der Waals surface area contributed by atoms with Gasteiger partial charge in [0.15, 0.2) is 0 Å². The largest absolute Gasteiger partial charge is 0.357 e. The van der Waals surface area contributed by atoms with Crippen molar-refractivity contribution in [2.45, 2.75) is 13.0 Å². The summed E-state index contributed by atoms with van der Waals surface area (Å²) >= 11 is 0. The normalized spacial score (nSPS) is 14.1. The predicted molar refractivity (Wildman–Crippen MR) is 83.1 cm³/mol. The van der Waals surface area contributed by atoms with Crippen molar-refractivity contribution < 1.29 is 13.6 Å². The summed E-state index contributed by atoms with van der Waals surface area (Å²) in [6.45, 7) is 0.864. The monoisotopic (exact) mass is 312 g/mol. The van der Waals surface area contributed by atoms with Gasteiger partial charge in [-0.2, -0.15) is 0 Å². The molecular weight excluding hydrogens is 298 g/mol. The van der Waals surface area contributed by atoms with Crippen LogP contribution in [0, 0.1) is 11.6 Å². The third-order valence-corrected chi connectivity index (χ3v) is 4.33. The Kier molecular flexibility index (Phi) is 3.15. The van der Waals surface area contributed by atoms with Crippen LogP contribution < -0.4 is 0 Å². The molecule has 1 N–H and O–H groups in total. The van der Waals surface area contributed by atoms with E-state index in [0.29, 0.717) is 19.5 Å². The number of carbonyl (C=O) groups is 1. The molecule has 0 saturated carbocycles. The van der Waals surface area contributed by atoms with Crippen LogP contribution in [0.15, 0.2) is 42.5 Å². The van der Waals surface area contributed by atoms with Gasteiger partial charge in [0, 0.05) is 23.1 Å². The fraction of sp³-hybridized carbons (Fsp3) is 0.167. The van der Waals surface area contributed by atoms with Crippen molar-refractivity contribution >= 4 is 16.8 Å². The highest BCUT2D eigenvalue weighted by Crippen LogP contribution is 2.29. The first-order chi connectivity index (χ1) is 11.1. The fourth-order valence-corrected chi connectivity index (χ4v) is 3.19. The second-order valence-corrected chi connectivity index (χ2v) is 5.73. The fourth-order valence-electron chi connectivity index (χ4n) is 3.19. The Bertz CT molecular complexity index is 917. The standard InChI is InChI=1S/C18H14F2N2O/c19-11-5-6-16-14(9-11)12-7-8-22(10-17(12)21-16)18(23)13-3-1-2-4-15(13)20/h1-6,9,21H,7-8,10H2. The molecule has 1 aliphatic heterocycles. The minimum atomic E-state index is -0.512. The maximum absolute atomic E-state index is 13.8. The van der Waals surface area contributed by atoms with E-state index in [4.69, 9.17) is 0 Å². The van der Waals surface area contributed by atoms with Crippen molar-refractivity contribution in [2.75, 3.05) is 6.54 Å². The maximum atomic E-state index is 13.8. The molecule has 0 radical (unpaired) electrons. The average molecular weight is 312 g/mol. The lowest BCUT2D eigenvalue weighted by molar-refractivity contribution is 0.0728. The SMILES string of the molecule is O=C(c1ccccc1F)N1CCc2c([nH]c3ccc(F)cc23)C1. The summed E-state index contributed by atoms with van der Waals surface area (Å²) in [7, 11) is 0. The minimum Gasteiger partial charge on any atom is -0.357 e. The molecule has 3 nitrogen and oxygen atoms in total. The van der Waals surface area contributed by atoms with Crippen LogP contribution in [0.3, 0.4) is 0 Å². The third kappa shape index (κ3) is 2.29. The third-order valence-electron chi connectivity index (χ3n) is 4.33. The number of nitrogens with zero attached hydrogens (tertiary/aromatic N) is 1. The van der Waals surface area contributed by atoms with E-state index in [-0.39, 0.29) is 17.3 Å². The average Bonchev–Trinajstić information content (AvgIpc) is 2.91. The molecule has 0 fully saturated rings. The van der Waals surface area contributed by atoms with Crippen molar-refractivity contribution in [3.8, 4) is 0 Å². The number of rotatable bonds is 1. The molecule has 3 aromatic rings. The lowest BCUT2D eigenvalue weighted by atomic mass is 10.0. The molecule has 0 spiro atoms. The van der Waals surface area contributed by atoms with Gasteiger partial charge in [0.1, 0.15) is 11.6 Å². The van der Waals surface area contributed by atoms with Crippen LogP contribution in [0.5, 0.6) is 0 Å². The van der Waals surface area contributed by atoms with Crippen LogP contribution in [0.4, 0.5) is 8.78 Å². The second kappa shape index (κ2) is 5.19. The van der Waals surface area contributed by atoms with Gasteiger partial charge in [-0.1, -0.05) is 12.1 Å². The summed E-state index contributed by atoms with van der Waals surface area (Å²) in [5, 5.41) is 0.859. The maximum Gasteiger partial charge on any atom is 0.257 e. The van der Waals surface area contributed by atoms with E-state index in [9.17, 15) is 13.6 Å². The molecule has 116 valence electrons. The Hall–Kier alpha value is -2.69. The number of aromatic nitrogens is 1. The molecule has 2 aromatic carbocycles. The zero-order valence-corrected chi connectivity index (χ0v) is 12.3. The molecule has 0 saturated heterocycles. The molecule has 1 aromatic heterocycles. The van der Waals surface area contributed by atoms with E-state index in [1.54, 1.807) is 23.1 Å². The van der Waals surface area contributed by atoms with Gasteiger partial charge in [0.25, 0.3) is 5.91 Å². The van der Waals surface area contributed by atoms with E-state index in [2.05, 4.69) is 4.98 Å². The van der Waals surface area contributed by atoms with E-state index in [0.717, 1.165) is 22.2 Å². The quantitative estimate of drug-likeness (QED) is 0.731. The minimum absolute atomic E-state index is 0.0816. The van der Waals surface area contributed by atoms with Crippen LogP contribution in [0.25, 0.3) is 10.9 Å². The number of H-pyrrole nitrogens is 1. The smallest absolute Gasteiger partial charge is 0.257 e. The van der Waals surface area contributed by atoms with Crippen molar-refractivity contribution in [2.24, 2.45) is 0 Å². The highest BCUT2D eigenvalue weighted by Gasteiger charge is 2.26.